The van der Waals surface area contributed by atoms with Gasteiger partial charge in [0.05, 0.1) is 4.90 Å². The predicted molar refractivity (Wildman–Crippen MR) is 85.7 cm³/mol. The van der Waals surface area contributed by atoms with Crippen LogP contribution in [-0.4, -0.2) is 30.5 Å². The molecule has 0 saturated carbocycles. The van der Waals surface area contributed by atoms with Gasteiger partial charge in [-0.05, 0) is 30.9 Å². The van der Waals surface area contributed by atoms with E-state index in [1.165, 1.54) is 0 Å². The van der Waals surface area contributed by atoms with E-state index >= 15 is 0 Å². The number of hydrogen-bond acceptors (Lipinski definition) is 3. The van der Waals surface area contributed by atoms with Gasteiger partial charge in [0.15, 0.2) is 0 Å². The van der Waals surface area contributed by atoms with Crippen LogP contribution in [0.15, 0.2) is 29.2 Å². The number of carbonyl (C=O) groups excluding carboxylic acids is 1. The topological polar surface area (TPSA) is 54.5 Å². The lowest BCUT2D eigenvalue weighted by Crippen LogP contribution is -2.34. The summed E-state index contributed by atoms with van der Waals surface area (Å²) in [6, 6.07) is 6.61. The van der Waals surface area contributed by atoms with Crippen molar-refractivity contribution in [1.82, 2.24) is 4.31 Å². The van der Waals surface area contributed by atoms with Gasteiger partial charge in [0, 0.05) is 17.8 Å². The summed E-state index contributed by atoms with van der Waals surface area (Å²) in [6.07, 6.45) is 0. The van der Waals surface area contributed by atoms with Crippen LogP contribution in [0.1, 0.15) is 19.4 Å². The van der Waals surface area contributed by atoms with E-state index in [1.54, 1.807) is 24.3 Å². The number of halogens is 1. The Hall–Kier alpha value is -0.880. The van der Waals surface area contributed by atoms with E-state index in [9.17, 15) is 13.2 Å². The average Bonchev–Trinajstić information content (AvgIpc) is 2.76. The van der Waals surface area contributed by atoms with Crippen LogP contribution in [0.3, 0.4) is 0 Å². The molecule has 1 fully saturated rings. The van der Waals surface area contributed by atoms with E-state index in [1.807, 2.05) is 20.8 Å². The highest BCUT2D eigenvalue weighted by Crippen LogP contribution is 2.35. The number of benzene rings is 1. The highest BCUT2D eigenvalue weighted by atomic mass is 79.9. The van der Waals surface area contributed by atoms with Crippen molar-refractivity contribution in [2.75, 3.05) is 11.9 Å². The first-order chi connectivity index (χ1) is 9.78. The number of aryl methyl sites for hydroxylation is 1. The van der Waals surface area contributed by atoms with Gasteiger partial charge >= 0.3 is 0 Å². The lowest BCUT2D eigenvalue weighted by atomic mass is 9.87. The minimum absolute atomic E-state index is 0.0257. The monoisotopic (exact) mass is 373 g/mol. The number of amides is 1. The molecular formula is C15H20BrNO3S. The summed E-state index contributed by atoms with van der Waals surface area (Å²) in [7, 11) is -3.75. The highest BCUT2D eigenvalue weighted by molar-refractivity contribution is 9.09. The van der Waals surface area contributed by atoms with E-state index < -0.39 is 10.0 Å². The van der Waals surface area contributed by atoms with Gasteiger partial charge in [-0.3, -0.25) is 4.79 Å². The Kier molecular flexibility index (Phi) is 4.78. The maximum absolute atomic E-state index is 12.7. The third-order valence-corrected chi connectivity index (χ3v) is 6.57. The number of nitrogens with zero attached hydrogens (tertiary/aromatic N) is 1. The van der Waals surface area contributed by atoms with Crippen molar-refractivity contribution in [2.24, 2.45) is 17.8 Å². The quantitative estimate of drug-likeness (QED) is 0.762. The number of sulfonamides is 1. The van der Waals surface area contributed by atoms with Crippen LogP contribution in [-0.2, 0) is 14.8 Å². The molecule has 0 aliphatic carbocycles. The number of rotatable bonds is 4. The first-order valence-electron chi connectivity index (χ1n) is 6.98. The second-order valence-electron chi connectivity index (χ2n) is 5.87. The van der Waals surface area contributed by atoms with Crippen molar-refractivity contribution in [3.63, 3.8) is 0 Å². The summed E-state index contributed by atoms with van der Waals surface area (Å²) < 4.78 is 26.4. The standard InChI is InChI=1S/C15H20BrNO3S/c1-10(2)14-12(8-16)9-17(15(14)18)21(19,20)13-6-4-11(3)5-7-13/h4-7,10,12,14H,8-9H2,1-3H3/t12-,14+/m1/s1. The molecule has 0 spiro atoms. The highest BCUT2D eigenvalue weighted by Gasteiger charge is 2.46. The summed E-state index contributed by atoms with van der Waals surface area (Å²) in [5.74, 6) is -0.379. The molecule has 116 valence electrons. The Morgan fingerprint density at radius 1 is 1.29 bits per heavy atom. The molecule has 1 saturated heterocycles. The molecule has 21 heavy (non-hydrogen) atoms. The molecule has 1 aromatic rings. The molecule has 4 nitrogen and oxygen atoms in total. The summed E-state index contributed by atoms with van der Waals surface area (Å²) >= 11 is 3.40. The lowest BCUT2D eigenvalue weighted by molar-refractivity contribution is -0.128. The van der Waals surface area contributed by atoms with Crippen LogP contribution < -0.4 is 0 Å². The Labute approximate surface area is 134 Å². The first-order valence-corrected chi connectivity index (χ1v) is 9.54. The molecule has 0 N–H and O–H groups in total. The van der Waals surface area contributed by atoms with E-state index in [-0.39, 0.29) is 35.1 Å². The smallest absolute Gasteiger partial charge is 0.266 e. The minimum atomic E-state index is -3.75. The molecular weight excluding hydrogens is 354 g/mol. The zero-order valence-corrected chi connectivity index (χ0v) is 14.8. The van der Waals surface area contributed by atoms with Gasteiger partial charge in [-0.15, -0.1) is 0 Å². The summed E-state index contributed by atoms with van der Waals surface area (Å²) in [6.45, 7) is 6.07. The number of alkyl halides is 1. The van der Waals surface area contributed by atoms with Crippen molar-refractivity contribution < 1.29 is 13.2 Å². The van der Waals surface area contributed by atoms with E-state index in [0.717, 1.165) is 9.87 Å². The molecule has 0 radical (unpaired) electrons. The summed E-state index contributed by atoms with van der Waals surface area (Å²) in [5.41, 5.74) is 0.986. The molecule has 1 aliphatic heterocycles. The fourth-order valence-electron chi connectivity index (χ4n) is 2.81. The van der Waals surface area contributed by atoms with Gasteiger partial charge in [-0.1, -0.05) is 47.5 Å². The van der Waals surface area contributed by atoms with Gasteiger partial charge in [-0.25, -0.2) is 12.7 Å². The number of hydrogen-bond donors (Lipinski definition) is 0. The lowest BCUT2D eigenvalue weighted by Gasteiger charge is -2.18. The van der Waals surface area contributed by atoms with Crippen molar-refractivity contribution in [2.45, 2.75) is 25.7 Å². The molecule has 0 unspecified atom stereocenters. The second kappa shape index (κ2) is 6.08. The van der Waals surface area contributed by atoms with Crippen molar-refractivity contribution >= 4 is 31.9 Å². The molecule has 2 atom stereocenters. The van der Waals surface area contributed by atoms with E-state index in [2.05, 4.69) is 15.9 Å². The summed E-state index contributed by atoms with van der Waals surface area (Å²) in [5, 5.41) is 0.626. The molecule has 1 aliphatic rings. The van der Waals surface area contributed by atoms with Crippen molar-refractivity contribution in [3.05, 3.63) is 29.8 Å². The largest absolute Gasteiger partial charge is 0.273 e. The minimum Gasteiger partial charge on any atom is -0.273 e. The third-order valence-electron chi connectivity index (χ3n) is 3.96. The summed E-state index contributed by atoms with van der Waals surface area (Å²) in [4.78, 5) is 12.7. The fourth-order valence-corrected chi connectivity index (χ4v) is 4.90. The zero-order chi connectivity index (χ0) is 15.8. The fraction of sp³-hybridized carbons (Fsp3) is 0.533. The normalized spacial score (nSPS) is 23.1. The Bertz CT molecular complexity index is 625. The Morgan fingerprint density at radius 2 is 1.86 bits per heavy atom. The van der Waals surface area contributed by atoms with Crippen LogP contribution in [0, 0.1) is 24.7 Å². The maximum atomic E-state index is 12.7. The van der Waals surface area contributed by atoms with Gasteiger partial charge in [0.1, 0.15) is 0 Å². The van der Waals surface area contributed by atoms with Crippen LogP contribution in [0.25, 0.3) is 0 Å². The number of carbonyl (C=O) groups is 1. The van der Waals surface area contributed by atoms with Crippen molar-refractivity contribution in [1.29, 1.82) is 0 Å². The van der Waals surface area contributed by atoms with Gasteiger partial charge < -0.3 is 0 Å². The van der Waals surface area contributed by atoms with E-state index in [4.69, 9.17) is 0 Å². The van der Waals surface area contributed by atoms with Crippen molar-refractivity contribution in [3.8, 4) is 0 Å². The molecule has 6 heteroatoms. The van der Waals surface area contributed by atoms with Crippen LogP contribution in [0.4, 0.5) is 0 Å². The Morgan fingerprint density at radius 3 is 2.29 bits per heavy atom. The molecule has 0 aromatic heterocycles. The third kappa shape index (κ3) is 3.01. The Balaban J connectivity index is 2.37. The van der Waals surface area contributed by atoms with Crippen LogP contribution >= 0.6 is 15.9 Å². The molecule has 0 bridgehead atoms. The van der Waals surface area contributed by atoms with Gasteiger partial charge in [-0.2, -0.15) is 0 Å². The maximum Gasteiger partial charge on any atom is 0.266 e. The molecule has 1 heterocycles. The molecule has 1 amide bonds. The predicted octanol–water partition coefficient (Wildman–Crippen LogP) is 2.81. The SMILES string of the molecule is Cc1ccc(S(=O)(=O)N2C[C@@H](CBr)[C@H](C(C)C)C2=O)cc1. The van der Waals surface area contributed by atoms with E-state index in [0.29, 0.717) is 5.33 Å². The van der Waals surface area contributed by atoms with Gasteiger partial charge in [0.25, 0.3) is 10.0 Å². The average molecular weight is 374 g/mol. The second-order valence-corrected chi connectivity index (χ2v) is 8.38. The molecule has 2 rings (SSSR count). The zero-order valence-electron chi connectivity index (χ0n) is 12.4. The van der Waals surface area contributed by atoms with Crippen LogP contribution in [0.2, 0.25) is 0 Å². The van der Waals surface area contributed by atoms with Crippen LogP contribution in [0.5, 0.6) is 0 Å². The first kappa shape index (κ1) is 16.5. The molecule has 1 aromatic carbocycles. The van der Waals surface area contributed by atoms with Gasteiger partial charge in [0.2, 0.25) is 5.91 Å².